The molecular formula is C20H34N4O4. The van der Waals surface area contributed by atoms with E-state index in [-0.39, 0.29) is 29.8 Å². The van der Waals surface area contributed by atoms with Crippen LogP contribution in [0.1, 0.15) is 58.6 Å². The first kappa shape index (κ1) is 23.5. The van der Waals surface area contributed by atoms with Gasteiger partial charge in [0, 0.05) is 18.8 Å². The van der Waals surface area contributed by atoms with Crippen LogP contribution in [-0.2, 0) is 16.1 Å². The average Bonchev–Trinajstić information content (AvgIpc) is 2.61. The smallest absolute Gasteiger partial charge is 0.407 e. The molecule has 1 aliphatic rings. The van der Waals surface area contributed by atoms with Crippen LogP contribution >= 0.6 is 0 Å². The summed E-state index contributed by atoms with van der Waals surface area (Å²) in [5.41, 5.74) is 5.59. The van der Waals surface area contributed by atoms with Crippen LogP contribution in [0, 0.1) is 6.92 Å². The lowest BCUT2D eigenvalue weighted by molar-refractivity contribution is -0.121. The Labute approximate surface area is 166 Å². The maximum absolute atomic E-state index is 11.5. The van der Waals surface area contributed by atoms with E-state index in [2.05, 4.69) is 10.6 Å². The average molecular weight is 395 g/mol. The molecule has 28 heavy (non-hydrogen) atoms. The van der Waals surface area contributed by atoms with Gasteiger partial charge in [-0.2, -0.15) is 0 Å². The molecule has 2 rings (SSSR count). The van der Waals surface area contributed by atoms with E-state index in [9.17, 15) is 14.4 Å². The minimum atomic E-state index is -0.390. The topological polar surface area (TPSA) is 115 Å². The van der Waals surface area contributed by atoms with E-state index in [0.717, 1.165) is 12.8 Å². The maximum atomic E-state index is 11.5. The highest BCUT2D eigenvalue weighted by Gasteiger charge is 2.20. The highest BCUT2D eigenvalue weighted by Crippen LogP contribution is 2.18. The fourth-order valence-electron chi connectivity index (χ4n) is 2.83. The SMILES string of the molecule is CC(C)(C)OC(=O)NC1CCCCC1.CNC(=O)Cn1c(C)ccc(N)c1=O. The molecule has 0 bridgehead atoms. The number of anilines is 1. The van der Waals surface area contributed by atoms with Crippen LogP contribution in [-0.4, -0.2) is 35.3 Å². The summed E-state index contributed by atoms with van der Waals surface area (Å²) < 4.78 is 6.53. The second-order valence-electron chi connectivity index (χ2n) is 7.98. The van der Waals surface area contributed by atoms with Crippen molar-refractivity contribution in [3.8, 4) is 0 Å². The highest BCUT2D eigenvalue weighted by molar-refractivity contribution is 5.75. The number of nitrogens with zero attached hydrogens (tertiary/aromatic N) is 1. The Kier molecular flexibility index (Phi) is 9.02. The third-order valence-electron chi connectivity index (χ3n) is 4.33. The van der Waals surface area contributed by atoms with Gasteiger partial charge in [0.25, 0.3) is 5.56 Å². The van der Waals surface area contributed by atoms with Crippen molar-refractivity contribution in [1.29, 1.82) is 0 Å². The number of aryl methyl sites for hydroxylation is 1. The molecule has 0 radical (unpaired) electrons. The monoisotopic (exact) mass is 394 g/mol. The quantitative estimate of drug-likeness (QED) is 0.728. The molecule has 4 N–H and O–H groups in total. The van der Waals surface area contributed by atoms with Crippen LogP contribution in [0.4, 0.5) is 10.5 Å². The summed E-state index contributed by atoms with van der Waals surface area (Å²) in [7, 11) is 1.52. The summed E-state index contributed by atoms with van der Waals surface area (Å²) in [6.45, 7) is 7.41. The Morgan fingerprint density at radius 1 is 1.21 bits per heavy atom. The number of carbonyl (C=O) groups excluding carboxylic acids is 2. The predicted octanol–water partition coefficient (Wildman–Crippen LogP) is 2.33. The van der Waals surface area contributed by atoms with Gasteiger partial charge in [-0.05, 0) is 52.7 Å². The van der Waals surface area contributed by atoms with E-state index in [0.29, 0.717) is 11.7 Å². The second kappa shape index (κ2) is 10.7. The van der Waals surface area contributed by atoms with Crippen molar-refractivity contribution in [1.82, 2.24) is 15.2 Å². The lowest BCUT2D eigenvalue weighted by atomic mass is 9.96. The van der Waals surface area contributed by atoms with E-state index < -0.39 is 5.60 Å². The van der Waals surface area contributed by atoms with Gasteiger partial charge in [-0.1, -0.05) is 19.3 Å². The van der Waals surface area contributed by atoms with E-state index in [4.69, 9.17) is 10.5 Å². The molecule has 0 spiro atoms. The van der Waals surface area contributed by atoms with Gasteiger partial charge in [-0.25, -0.2) is 4.79 Å². The van der Waals surface area contributed by atoms with Gasteiger partial charge >= 0.3 is 6.09 Å². The first-order chi connectivity index (χ1) is 13.0. The summed E-state index contributed by atoms with van der Waals surface area (Å²) in [5, 5.41) is 5.36. The molecule has 1 aromatic rings. The van der Waals surface area contributed by atoms with Crippen LogP contribution in [0.25, 0.3) is 0 Å². The molecule has 0 atom stereocenters. The van der Waals surface area contributed by atoms with E-state index in [1.165, 1.54) is 36.9 Å². The number of hydrogen-bond acceptors (Lipinski definition) is 5. The van der Waals surface area contributed by atoms with Crippen molar-refractivity contribution in [3.05, 3.63) is 28.2 Å². The fourth-order valence-corrected chi connectivity index (χ4v) is 2.83. The van der Waals surface area contributed by atoms with Crippen molar-refractivity contribution < 1.29 is 14.3 Å². The number of amides is 2. The van der Waals surface area contributed by atoms with Crippen molar-refractivity contribution in [2.75, 3.05) is 12.8 Å². The van der Waals surface area contributed by atoms with E-state index >= 15 is 0 Å². The number of nitrogen functional groups attached to an aromatic ring is 1. The number of likely N-dealkylation sites (N-methyl/N-ethyl adjacent to an activating group) is 1. The molecular weight excluding hydrogens is 360 g/mol. The summed E-state index contributed by atoms with van der Waals surface area (Å²) in [5.74, 6) is -0.221. The summed E-state index contributed by atoms with van der Waals surface area (Å²) in [4.78, 5) is 34.0. The van der Waals surface area contributed by atoms with Crippen LogP contribution in [0.5, 0.6) is 0 Å². The van der Waals surface area contributed by atoms with Gasteiger partial charge in [0.05, 0.1) is 5.69 Å². The zero-order chi connectivity index (χ0) is 21.3. The number of alkyl carbamates (subject to hydrolysis) is 1. The zero-order valence-electron chi connectivity index (χ0n) is 17.6. The molecule has 1 aliphatic carbocycles. The van der Waals surface area contributed by atoms with Crippen LogP contribution in [0.3, 0.4) is 0 Å². The molecule has 1 heterocycles. The van der Waals surface area contributed by atoms with Gasteiger partial charge in [-0.15, -0.1) is 0 Å². The summed E-state index contributed by atoms with van der Waals surface area (Å²) >= 11 is 0. The summed E-state index contributed by atoms with van der Waals surface area (Å²) in [6, 6.07) is 3.58. The molecule has 8 nitrogen and oxygen atoms in total. The number of rotatable bonds is 3. The lowest BCUT2D eigenvalue weighted by Gasteiger charge is -2.25. The van der Waals surface area contributed by atoms with Gasteiger partial charge < -0.3 is 25.7 Å². The number of carbonyl (C=O) groups is 2. The molecule has 1 fully saturated rings. The van der Waals surface area contributed by atoms with Crippen LogP contribution in [0.15, 0.2) is 16.9 Å². The minimum Gasteiger partial charge on any atom is -0.444 e. The van der Waals surface area contributed by atoms with Crippen molar-refractivity contribution in [2.24, 2.45) is 0 Å². The first-order valence-electron chi connectivity index (χ1n) is 9.69. The first-order valence-corrected chi connectivity index (χ1v) is 9.69. The molecule has 8 heteroatoms. The number of nitrogens with two attached hydrogens (primary N) is 1. The fraction of sp³-hybridized carbons (Fsp3) is 0.650. The van der Waals surface area contributed by atoms with E-state index in [1.807, 2.05) is 20.8 Å². The molecule has 2 amide bonds. The molecule has 0 unspecified atom stereocenters. The lowest BCUT2D eigenvalue weighted by Crippen LogP contribution is -2.39. The van der Waals surface area contributed by atoms with Crippen LogP contribution < -0.4 is 21.9 Å². The van der Waals surface area contributed by atoms with Crippen molar-refractivity contribution >= 4 is 17.7 Å². The Balaban J connectivity index is 0.000000280. The molecule has 0 aromatic carbocycles. The maximum Gasteiger partial charge on any atom is 0.407 e. The minimum absolute atomic E-state index is 0.00616. The Hall–Kier alpha value is -2.51. The highest BCUT2D eigenvalue weighted by atomic mass is 16.6. The molecule has 0 saturated heterocycles. The summed E-state index contributed by atoms with van der Waals surface area (Å²) in [6.07, 6.45) is 5.66. The number of ether oxygens (including phenoxy) is 1. The normalized spacial score (nSPS) is 14.5. The molecule has 158 valence electrons. The third kappa shape index (κ3) is 8.45. The van der Waals surface area contributed by atoms with Gasteiger partial charge in [0.2, 0.25) is 5.91 Å². The molecule has 1 aromatic heterocycles. The van der Waals surface area contributed by atoms with Gasteiger partial charge in [0.15, 0.2) is 0 Å². The number of nitrogens with one attached hydrogen (secondary N) is 2. The van der Waals surface area contributed by atoms with E-state index in [1.54, 1.807) is 13.0 Å². The van der Waals surface area contributed by atoms with Crippen molar-refractivity contribution in [3.63, 3.8) is 0 Å². The van der Waals surface area contributed by atoms with Crippen molar-refractivity contribution in [2.45, 2.75) is 78.0 Å². The van der Waals surface area contributed by atoms with Gasteiger partial charge in [-0.3, -0.25) is 9.59 Å². The number of pyridine rings is 1. The number of hydrogen-bond donors (Lipinski definition) is 3. The second-order valence-corrected chi connectivity index (χ2v) is 7.98. The molecule has 0 aliphatic heterocycles. The number of aromatic nitrogens is 1. The van der Waals surface area contributed by atoms with Crippen LogP contribution in [0.2, 0.25) is 0 Å². The Morgan fingerprint density at radius 2 is 1.82 bits per heavy atom. The zero-order valence-corrected chi connectivity index (χ0v) is 17.6. The standard InChI is InChI=1S/C11H21NO2.C9H13N3O2/c1-11(2,3)14-10(13)12-9-7-5-4-6-8-9;1-6-3-4-7(10)9(14)12(6)5-8(13)11-2/h9H,4-8H2,1-3H3,(H,12,13);3-4H,5,10H2,1-2H3,(H,11,13). The Morgan fingerprint density at radius 3 is 2.36 bits per heavy atom. The Bertz CT molecular complexity index is 716. The largest absolute Gasteiger partial charge is 0.444 e. The third-order valence-corrected chi connectivity index (χ3v) is 4.33. The molecule has 1 saturated carbocycles. The van der Waals surface area contributed by atoms with Gasteiger partial charge in [0.1, 0.15) is 12.1 Å². The predicted molar refractivity (Wildman–Crippen MR) is 110 cm³/mol.